The molecule has 1 amide bonds. The Morgan fingerprint density at radius 2 is 1.90 bits per heavy atom. The molecule has 0 saturated heterocycles. The van der Waals surface area contributed by atoms with E-state index in [1.165, 1.54) is 6.07 Å². The molecular formula is C22H22FN3O3. The van der Waals surface area contributed by atoms with E-state index in [0.717, 1.165) is 17.7 Å². The molecule has 0 spiro atoms. The van der Waals surface area contributed by atoms with Crippen molar-refractivity contribution >= 4 is 11.6 Å². The predicted molar refractivity (Wildman–Crippen MR) is 107 cm³/mol. The first-order chi connectivity index (χ1) is 14.0. The molecule has 1 aliphatic rings. The number of fused-ring (bicyclic) bond motifs is 1. The fourth-order valence-corrected chi connectivity index (χ4v) is 3.40. The van der Waals surface area contributed by atoms with E-state index in [1.54, 1.807) is 41.1 Å². The number of halogens is 1. The van der Waals surface area contributed by atoms with Gasteiger partial charge in [-0.25, -0.2) is 9.07 Å². The lowest BCUT2D eigenvalue weighted by molar-refractivity contribution is -0.115. The van der Waals surface area contributed by atoms with Crippen LogP contribution in [-0.2, 0) is 11.2 Å². The molecule has 0 unspecified atom stereocenters. The maximum absolute atomic E-state index is 14.2. The summed E-state index contributed by atoms with van der Waals surface area (Å²) >= 11 is 0. The number of rotatable bonds is 4. The summed E-state index contributed by atoms with van der Waals surface area (Å²) in [4.78, 5) is 12.6. The van der Waals surface area contributed by atoms with E-state index in [2.05, 4.69) is 10.4 Å². The number of aromatic nitrogens is 2. The van der Waals surface area contributed by atoms with Crippen molar-refractivity contribution in [2.45, 2.75) is 26.7 Å². The van der Waals surface area contributed by atoms with E-state index >= 15 is 0 Å². The number of anilines is 1. The fourth-order valence-electron chi connectivity index (χ4n) is 3.40. The quantitative estimate of drug-likeness (QED) is 0.726. The second-order valence-electron chi connectivity index (χ2n) is 6.95. The van der Waals surface area contributed by atoms with Crippen LogP contribution in [0.2, 0.25) is 0 Å². The van der Waals surface area contributed by atoms with Gasteiger partial charge in [0.25, 0.3) is 0 Å². The number of nitrogens with zero attached hydrogens (tertiary/aromatic N) is 2. The lowest BCUT2D eigenvalue weighted by atomic mass is 10.1. The van der Waals surface area contributed by atoms with Gasteiger partial charge in [-0.15, -0.1) is 0 Å². The summed E-state index contributed by atoms with van der Waals surface area (Å²) in [5.74, 6) is 0.762. The Hall–Kier alpha value is -3.35. The van der Waals surface area contributed by atoms with Crippen molar-refractivity contribution in [2.24, 2.45) is 0 Å². The standard InChI is InChI=1S/C22H22FN3O3/c1-14-17(15(2)26(25-14)19-7-4-3-6-18(19)23)13-22(27)24-16-8-9-20-21(12-16)29-11-5-10-28-20/h3-4,6-9,12H,5,10-11,13H2,1-2H3,(H,24,27). The minimum absolute atomic E-state index is 0.139. The monoisotopic (exact) mass is 395 g/mol. The maximum atomic E-state index is 14.2. The lowest BCUT2D eigenvalue weighted by Crippen LogP contribution is -2.15. The highest BCUT2D eigenvalue weighted by Gasteiger charge is 2.18. The summed E-state index contributed by atoms with van der Waals surface area (Å²) in [6.07, 6.45) is 0.960. The second-order valence-corrected chi connectivity index (χ2v) is 6.95. The van der Waals surface area contributed by atoms with Crippen molar-refractivity contribution in [3.8, 4) is 17.2 Å². The number of carbonyl (C=O) groups is 1. The zero-order valence-electron chi connectivity index (χ0n) is 16.4. The molecule has 1 N–H and O–H groups in total. The maximum Gasteiger partial charge on any atom is 0.228 e. The van der Waals surface area contributed by atoms with E-state index in [4.69, 9.17) is 9.47 Å². The van der Waals surface area contributed by atoms with Gasteiger partial charge in [-0.3, -0.25) is 4.79 Å². The molecule has 0 bridgehead atoms. The van der Waals surface area contributed by atoms with Gasteiger partial charge in [0.1, 0.15) is 11.5 Å². The van der Waals surface area contributed by atoms with Gasteiger partial charge in [-0.05, 0) is 38.1 Å². The van der Waals surface area contributed by atoms with E-state index in [0.29, 0.717) is 41.8 Å². The minimum atomic E-state index is -0.360. The molecule has 2 aromatic carbocycles. The van der Waals surface area contributed by atoms with E-state index in [1.807, 2.05) is 13.8 Å². The SMILES string of the molecule is Cc1nn(-c2ccccc2F)c(C)c1CC(=O)Nc1ccc2c(c1)OCCCO2. The molecule has 1 aromatic heterocycles. The summed E-state index contributed by atoms with van der Waals surface area (Å²) < 4.78 is 27.0. The molecule has 0 aliphatic carbocycles. The van der Waals surface area contributed by atoms with Crippen molar-refractivity contribution in [3.05, 3.63) is 65.2 Å². The van der Waals surface area contributed by atoms with Crippen LogP contribution in [0.25, 0.3) is 5.69 Å². The summed E-state index contributed by atoms with van der Waals surface area (Å²) in [7, 11) is 0. The number of hydrogen-bond donors (Lipinski definition) is 1. The molecule has 2 heterocycles. The number of benzene rings is 2. The highest BCUT2D eigenvalue weighted by atomic mass is 19.1. The third-order valence-electron chi connectivity index (χ3n) is 4.89. The normalized spacial score (nSPS) is 13.1. The third kappa shape index (κ3) is 3.94. The van der Waals surface area contributed by atoms with Gasteiger partial charge in [-0.1, -0.05) is 12.1 Å². The number of hydrogen-bond acceptors (Lipinski definition) is 4. The second kappa shape index (κ2) is 7.95. The molecular weight excluding hydrogens is 373 g/mol. The molecule has 6 nitrogen and oxygen atoms in total. The molecule has 0 saturated carbocycles. The molecule has 0 radical (unpaired) electrons. The number of ether oxygens (including phenoxy) is 2. The Morgan fingerprint density at radius 3 is 2.69 bits per heavy atom. The van der Waals surface area contributed by atoms with Crippen molar-refractivity contribution in [1.82, 2.24) is 9.78 Å². The van der Waals surface area contributed by atoms with Gasteiger partial charge >= 0.3 is 0 Å². The number of para-hydroxylation sites is 1. The van der Waals surface area contributed by atoms with Gasteiger partial charge in [0.15, 0.2) is 11.5 Å². The average Bonchev–Trinajstić information content (AvgIpc) is 2.87. The van der Waals surface area contributed by atoms with Gasteiger partial charge in [0.05, 0.1) is 25.3 Å². The molecule has 4 rings (SSSR count). The number of nitrogens with one attached hydrogen (secondary N) is 1. The molecule has 1 aliphatic heterocycles. The van der Waals surface area contributed by atoms with Crippen molar-refractivity contribution < 1.29 is 18.7 Å². The minimum Gasteiger partial charge on any atom is -0.490 e. The van der Waals surface area contributed by atoms with Crippen LogP contribution in [0, 0.1) is 19.7 Å². The van der Waals surface area contributed by atoms with Gasteiger partial charge in [-0.2, -0.15) is 5.10 Å². The molecule has 150 valence electrons. The van der Waals surface area contributed by atoms with Gasteiger partial charge in [0, 0.05) is 29.4 Å². The van der Waals surface area contributed by atoms with E-state index < -0.39 is 0 Å². The highest BCUT2D eigenvalue weighted by Crippen LogP contribution is 2.32. The van der Waals surface area contributed by atoms with Crippen LogP contribution < -0.4 is 14.8 Å². The van der Waals surface area contributed by atoms with Crippen LogP contribution >= 0.6 is 0 Å². The fraction of sp³-hybridized carbons (Fsp3) is 0.273. The Morgan fingerprint density at radius 1 is 1.14 bits per heavy atom. The zero-order valence-corrected chi connectivity index (χ0v) is 16.4. The van der Waals surface area contributed by atoms with Crippen LogP contribution in [0.5, 0.6) is 11.5 Å². The largest absolute Gasteiger partial charge is 0.490 e. The first-order valence-electron chi connectivity index (χ1n) is 9.52. The highest BCUT2D eigenvalue weighted by molar-refractivity contribution is 5.92. The average molecular weight is 395 g/mol. The summed E-state index contributed by atoms with van der Waals surface area (Å²) in [5, 5.41) is 7.32. The van der Waals surface area contributed by atoms with E-state index in [-0.39, 0.29) is 18.1 Å². The molecule has 29 heavy (non-hydrogen) atoms. The smallest absolute Gasteiger partial charge is 0.228 e. The summed E-state index contributed by atoms with van der Waals surface area (Å²) in [6, 6.07) is 11.8. The van der Waals surface area contributed by atoms with Crippen LogP contribution in [0.15, 0.2) is 42.5 Å². The molecule has 7 heteroatoms. The van der Waals surface area contributed by atoms with Gasteiger partial charge in [0.2, 0.25) is 5.91 Å². The Kier molecular flexibility index (Phi) is 5.20. The first kappa shape index (κ1) is 19.0. The van der Waals surface area contributed by atoms with Crippen molar-refractivity contribution in [1.29, 1.82) is 0 Å². The zero-order chi connectivity index (χ0) is 20.4. The van der Waals surface area contributed by atoms with Crippen LogP contribution in [0.3, 0.4) is 0 Å². The van der Waals surface area contributed by atoms with Crippen LogP contribution in [0.4, 0.5) is 10.1 Å². The topological polar surface area (TPSA) is 65.4 Å². The Labute approximate surface area is 168 Å². The predicted octanol–water partition coefficient (Wildman–Crippen LogP) is 3.97. The number of amides is 1. The lowest BCUT2D eigenvalue weighted by Gasteiger charge is -2.11. The number of aryl methyl sites for hydroxylation is 1. The van der Waals surface area contributed by atoms with Crippen LogP contribution in [0.1, 0.15) is 23.4 Å². The Bertz CT molecular complexity index is 1060. The Balaban J connectivity index is 1.52. The van der Waals surface area contributed by atoms with E-state index in [9.17, 15) is 9.18 Å². The summed E-state index contributed by atoms with van der Waals surface area (Å²) in [5.41, 5.74) is 3.21. The third-order valence-corrected chi connectivity index (χ3v) is 4.89. The van der Waals surface area contributed by atoms with Gasteiger partial charge < -0.3 is 14.8 Å². The van der Waals surface area contributed by atoms with Crippen molar-refractivity contribution in [3.63, 3.8) is 0 Å². The molecule has 3 aromatic rings. The number of carbonyl (C=O) groups excluding carboxylic acids is 1. The summed E-state index contributed by atoms with van der Waals surface area (Å²) in [6.45, 7) is 4.85. The first-order valence-corrected chi connectivity index (χ1v) is 9.52. The van der Waals surface area contributed by atoms with Crippen molar-refractivity contribution in [2.75, 3.05) is 18.5 Å². The van der Waals surface area contributed by atoms with Crippen LogP contribution in [-0.4, -0.2) is 28.9 Å². The molecule has 0 fully saturated rings. The molecule has 0 atom stereocenters.